The summed E-state index contributed by atoms with van der Waals surface area (Å²) in [6.07, 6.45) is 5.36. The van der Waals surface area contributed by atoms with Gasteiger partial charge in [-0.3, -0.25) is 19.0 Å². The van der Waals surface area contributed by atoms with Crippen molar-refractivity contribution in [3.63, 3.8) is 0 Å². The van der Waals surface area contributed by atoms with Crippen LogP contribution in [-0.4, -0.2) is 241 Å². The predicted octanol–water partition coefficient (Wildman–Crippen LogP) is 2.39. The summed E-state index contributed by atoms with van der Waals surface area (Å²) in [5, 5.41) is 7.41. The summed E-state index contributed by atoms with van der Waals surface area (Å²) in [6, 6.07) is 14.4. The summed E-state index contributed by atoms with van der Waals surface area (Å²) >= 11 is 13.0. The average Bonchev–Trinajstić information content (AvgIpc) is 3.92. The zero-order valence-electron chi connectivity index (χ0n) is 41.3. The quantitative estimate of drug-likeness (QED) is 0.0862. The van der Waals surface area contributed by atoms with E-state index in [2.05, 4.69) is 36.1 Å². The minimum atomic E-state index is -4.55. The van der Waals surface area contributed by atoms with Crippen molar-refractivity contribution in [3.8, 4) is 12.3 Å². The second kappa shape index (κ2) is 40.9. The number of carbonyl (C=O) groups is 2. The second-order valence-corrected chi connectivity index (χ2v) is 14.1. The van der Waals surface area contributed by atoms with E-state index in [-0.39, 0.29) is 103 Å². The molecule has 0 radical (unpaired) electrons. The minimum absolute atomic E-state index is 0. The molecular formula is C43H46ClF6K7N10O2. The molecule has 4 heterocycles. The molecule has 2 aromatic carbocycles. The maximum absolute atomic E-state index is 13.5. The molecule has 4 aromatic heterocycles. The molecule has 0 saturated heterocycles. The Morgan fingerprint density at radius 2 is 1.13 bits per heavy atom. The standard InChI is InChI=1S/C21H22F3N5O.C11H11NO.C10H8ClF3N4.CH4.7K.H/c1-13(20(25)30)16-6-4-3-5-15(16)7-8-18-17(21(22,23)24)11-26-19(28-18)9-14-10-27-29(2)12-14;1-3-9-6-4-5-7-10(9)8(2)11(12)13;1-18-5-6(3-16-18)2-8-15-4-7(9(11)17-8)10(12,13)14;;;;;;;;;/h3-6,10-13H,7-9H2,1-2H3,(H2,25,30);1,4-8H,2H3,(H2,12,13);3-5H,2H2,1H3;1H4;;;;;;;;/q;;;;;;;;;;+1;-1. The third-order valence-corrected chi connectivity index (χ3v) is 9.44. The molecule has 26 heteroatoms. The van der Waals surface area contributed by atoms with Gasteiger partial charge in [0.15, 0.2) is 0 Å². The monoisotopic (exact) mass is 1160 g/mol. The number of hydrogen-bond donors (Lipinski definition) is 2. The molecule has 2 atom stereocenters. The van der Waals surface area contributed by atoms with Gasteiger partial charge in [-0.25, -0.2) is 19.9 Å². The van der Waals surface area contributed by atoms with Crippen LogP contribution < -0.4 is 62.9 Å². The molecule has 12 nitrogen and oxygen atoms in total. The van der Waals surface area contributed by atoms with Crippen LogP contribution in [0.4, 0.5) is 26.3 Å². The Hall–Kier alpha value is 4.84. The summed E-state index contributed by atoms with van der Waals surface area (Å²) in [6.45, 7) is 3.43. The zero-order chi connectivity index (χ0) is 51.1. The Morgan fingerprint density at radius 1 is 0.710 bits per heavy atom. The first-order valence-corrected chi connectivity index (χ1v) is 69.7. The number of carbonyl (C=O) groups excluding carboxylic acids is 2. The molecule has 0 fully saturated rings. The number of primary amides is 2. The van der Waals surface area contributed by atoms with Crippen LogP contribution in [0, 0.1) is 12.3 Å². The molecule has 336 valence electrons. The Morgan fingerprint density at radius 3 is 1.55 bits per heavy atom. The predicted molar refractivity (Wildman–Crippen MR) is 257 cm³/mol. The summed E-state index contributed by atoms with van der Waals surface area (Å²) in [5.74, 6) is 1.34. The number of terminal acetylenes is 1. The molecular weight excluding hydrogens is 1110 g/mol. The summed E-state index contributed by atoms with van der Waals surface area (Å²) in [7, 11) is 3.50. The average molecular weight is 1160 g/mol. The number of nitrogens with zero attached hydrogens (tertiary/aromatic N) is 8. The fraction of sp³-hybridized carbons (Fsp3) is 0.302. The van der Waals surface area contributed by atoms with Crippen LogP contribution in [0.15, 0.2) is 85.7 Å². The van der Waals surface area contributed by atoms with Crippen LogP contribution in [0.3, 0.4) is 0 Å². The van der Waals surface area contributed by atoms with Gasteiger partial charge < -0.3 is 12.9 Å². The van der Waals surface area contributed by atoms with Crippen molar-refractivity contribution in [2.24, 2.45) is 25.6 Å². The van der Waals surface area contributed by atoms with Crippen LogP contribution >= 0.6 is 11.6 Å². The normalized spacial score (nSPS) is 11.2. The van der Waals surface area contributed by atoms with E-state index < -0.39 is 40.5 Å². The van der Waals surface area contributed by atoms with Crippen molar-refractivity contribution < 1.29 is 88.7 Å². The Kier molecular flexibility index (Phi) is 45.0. The van der Waals surface area contributed by atoms with Crippen LogP contribution in [0.1, 0.15) is 96.4 Å². The Labute approximate surface area is 584 Å². The Bertz CT molecular complexity index is 2530. The number of rotatable bonds is 11. The van der Waals surface area contributed by atoms with E-state index in [1.165, 1.54) is 189 Å². The van der Waals surface area contributed by atoms with E-state index in [9.17, 15) is 35.9 Å². The number of nitrogens with two attached hydrogens (primary N) is 2. The SMILES string of the molecule is C.C#Cc1ccccc1C(C)C(N)=O.CC(C(N)=O)c1ccccc1CCc1nc(Cc2cnn(C)c2)ncc1C(F)(F)F.Cn1cc(Cc2ncc(C(F)(F)F)c(Cl)n2)cn1.[H-].[K+].[K][K].[K][K].[K][K]. The number of aromatic nitrogens is 8. The number of benzene rings is 2. The van der Waals surface area contributed by atoms with Crippen molar-refractivity contribution in [2.45, 2.75) is 71.1 Å². The first-order valence-electron chi connectivity index (χ1n) is 21.3. The molecule has 6 aromatic rings. The van der Waals surface area contributed by atoms with Gasteiger partial charge in [0.2, 0.25) is 11.8 Å². The third-order valence-electron chi connectivity index (χ3n) is 9.15. The van der Waals surface area contributed by atoms with Crippen molar-refractivity contribution in [1.29, 1.82) is 0 Å². The topological polar surface area (TPSA) is 173 Å². The van der Waals surface area contributed by atoms with E-state index >= 15 is 0 Å². The zero-order valence-corrected chi connectivity index (χ0v) is 63.0. The number of amides is 2. The van der Waals surface area contributed by atoms with Crippen molar-refractivity contribution >= 4 is 213 Å². The summed E-state index contributed by atoms with van der Waals surface area (Å²) < 4.78 is 81.0. The molecule has 4 N–H and O–H groups in total. The van der Waals surface area contributed by atoms with Gasteiger partial charge in [-0.2, -0.15) is 36.5 Å². The number of alkyl halides is 6. The molecule has 2 unspecified atom stereocenters. The van der Waals surface area contributed by atoms with E-state index in [0.29, 0.717) is 24.0 Å². The fourth-order valence-corrected chi connectivity index (χ4v) is 6.14. The van der Waals surface area contributed by atoms with Gasteiger partial charge >= 0.3 is 253 Å². The molecule has 6 rings (SSSR count). The van der Waals surface area contributed by atoms with Crippen LogP contribution in [0.2, 0.25) is 5.15 Å². The molecule has 0 aliphatic carbocycles. The van der Waals surface area contributed by atoms with E-state index in [4.69, 9.17) is 29.5 Å². The molecule has 2 amide bonds. The van der Waals surface area contributed by atoms with E-state index in [0.717, 1.165) is 34.0 Å². The van der Waals surface area contributed by atoms with Crippen molar-refractivity contribution in [3.05, 3.63) is 153 Å². The second-order valence-electron chi connectivity index (χ2n) is 13.7. The Balaban J connectivity index is -0.000000963. The van der Waals surface area contributed by atoms with Crippen LogP contribution in [0.25, 0.3) is 0 Å². The molecule has 0 aliphatic heterocycles. The first-order chi connectivity index (χ1) is 31.7. The van der Waals surface area contributed by atoms with E-state index in [1.54, 1.807) is 92.4 Å². The van der Waals surface area contributed by atoms with Gasteiger partial charge in [0.05, 0.1) is 35.5 Å². The first kappa shape index (κ1) is 75.9. The number of aryl methyl sites for hydroxylation is 4. The molecule has 0 aliphatic rings. The molecule has 0 bridgehead atoms. The molecule has 0 spiro atoms. The molecule has 69 heavy (non-hydrogen) atoms. The number of halogens is 7. The third kappa shape index (κ3) is 28.2. The van der Waals surface area contributed by atoms with Crippen LogP contribution in [-0.2, 0) is 61.7 Å². The summed E-state index contributed by atoms with van der Waals surface area (Å²) in [5.41, 5.74) is 13.3. The fourth-order valence-electron chi connectivity index (χ4n) is 5.88. The van der Waals surface area contributed by atoms with Crippen molar-refractivity contribution in [2.75, 3.05) is 0 Å². The van der Waals surface area contributed by atoms with Gasteiger partial charge in [-0.15, -0.1) is 6.42 Å². The van der Waals surface area contributed by atoms with Gasteiger partial charge in [-0.1, -0.05) is 67.4 Å². The summed E-state index contributed by atoms with van der Waals surface area (Å²) in [4.78, 5) is 37.9. The van der Waals surface area contributed by atoms with Gasteiger partial charge in [0.25, 0.3) is 0 Å². The van der Waals surface area contributed by atoms with Crippen molar-refractivity contribution in [1.82, 2.24) is 39.5 Å². The molecule has 0 saturated carbocycles. The van der Waals surface area contributed by atoms with Gasteiger partial charge in [0, 0.05) is 57.3 Å². The maximum atomic E-state index is 13.5. The van der Waals surface area contributed by atoms with E-state index in [1.807, 2.05) is 18.2 Å². The van der Waals surface area contributed by atoms with Gasteiger partial charge in [-0.05, 0) is 60.6 Å². The number of hydrogen-bond acceptors (Lipinski definition) is 8. The van der Waals surface area contributed by atoms with Crippen LogP contribution in [0.5, 0.6) is 0 Å². The van der Waals surface area contributed by atoms with Gasteiger partial charge in [0.1, 0.15) is 22.4 Å².